The molecule has 0 heterocycles. The molecule has 6 heteroatoms. The van der Waals surface area contributed by atoms with Crippen molar-refractivity contribution in [3.05, 3.63) is 22.7 Å². The quantitative estimate of drug-likeness (QED) is 0.781. The number of anilines is 1. The number of hydrogen-bond acceptors (Lipinski definition) is 3. The fourth-order valence-corrected chi connectivity index (χ4v) is 2.24. The standard InChI is InChI=1S/C7H9BrN2O2S/c1-10-13(11,12)6-4-2-3-5(8)7(6)9/h2-4,10H,9H2,1H3. The molecular weight excluding hydrogens is 256 g/mol. The van der Waals surface area contributed by atoms with Gasteiger partial charge < -0.3 is 5.73 Å². The molecule has 3 N–H and O–H groups in total. The Morgan fingerprint density at radius 2 is 2.08 bits per heavy atom. The lowest BCUT2D eigenvalue weighted by atomic mass is 10.3. The summed E-state index contributed by atoms with van der Waals surface area (Å²) in [5, 5.41) is 0. The molecule has 4 nitrogen and oxygen atoms in total. The smallest absolute Gasteiger partial charge is 0.242 e. The molecule has 0 unspecified atom stereocenters. The van der Waals surface area contributed by atoms with E-state index in [-0.39, 0.29) is 10.6 Å². The van der Waals surface area contributed by atoms with E-state index in [1.807, 2.05) is 0 Å². The van der Waals surface area contributed by atoms with Crippen LogP contribution in [0.3, 0.4) is 0 Å². The van der Waals surface area contributed by atoms with Crippen molar-refractivity contribution in [1.29, 1.82) is 0 Å². The Bertz CT molecular complexity index is 417. The van der Waals surface area contributed by atoms with Gasteiger partial charge in [-0.05, 0) is 35.1 Å². The van der Waals surface area contributed by atoms with Crippen LogP contribution in [0.15, 0.2) is 27.6 Å². The number of nitrogens with one attached hydrogen (secondary N) is 1. The summed E-state index contributed by atoms with van der Waals surface area (Å²) in [6, 6.07) is 4.75. The summed E-state index contributed by atoms with van der Waals surface area (Å²) in [6.07, 6.45) is 0. The molecule has 0 bridgehead atoms. The average molecular weight is 265 g/mol. The molecule has 0 aliphatic carbocycles. The predicted molar refractivity (Wildman–Crippen MR) is 54.8 cm³/mol. The van der Waals surface area contributed by atoms with Gasteiger partial charge in [0.2, 0.25) is 10.0 Å². The molecule has 1 rings (SSSR count). The van der Waals surface area contributed by atoms with Gasteiger partial charge in [0.05, 0.1) is 5.69 Å². The zero-order valence-corrected chi connectivity index (χ0v) is 9.31. The fourth-order valence-electron chi connectivity index (χ4n) is 0.862. The summed E-state index contributed by atoms with van der Waals surface area (Å²) in [5.41, 5.74) is 5.80. The van der Waals surface area contributed by atoms with Crippen molar-refractivity contribution in [2.75, 3.05) is 12.8 Å². The second-order valence-corrected chi connectivity index (χ2v) is 5.07. The van der Waals surface area contributed by atoms with Gasteiger partial charge >= 0.3 is 0 Å². The number of benzene rings is 1. The maximum absolute atomic E-state index is 11.4. The summed E-state index contributed by atoms with van der Waals surface area (Å²) in [6.45, 7) is 0. The average Bonchev–Trinajstić information content (AvgIpc) is 2.09. The Hall–Kier alpha value is -0.590. The maximum Gasteiger partial charge on any atom is 0.242 e. The van der Waals surface area contributed by atoms with E-state index in [1.54, 1.807) is 12.1 Å². The van der Waals surface area contributed by atoms with Crippen LogP contribution in [-0.4, -0.2) is 15.5 Å². The molecule has 1 aromatic carbocycles. The van der Waals surface area contributed by atoms with Crippen LogP contribution in [0.25, 0.3) is 0 Å². The van der Waals surface area contributed by atoms with E-state index >= 15 is 0 Å². The zero-order chi connectivity index (χ0) is 10.1. The van der Waals surface area contributed by atoms with E-state index in [0.29, 0.717) is 4.47 Å². The van der Waals surface area contributed by atoms with E-state index < -0.39 is 10.0 Å². The molecule has 0 atom stereocenters. The molecule has 0 amide bonds. The summed E-state index contributed by atoms with van der Waals surface area (Å²) in [5.74, 6) is 0. The van der Waals surface area contributed by atoms with Gasteiger partial charge in [0.1, 0.15) is 4.90 Å². The van der Waals surface area contributed by atoms with Crippen molar-refractivity contribution in [2.24, 2.45) is 0 Å². The Morgan fingerprint density at radius 3 is 2.62 bits per heavy atom. The molecule has 0 aliphatic heterocycles. The van der Waals surface area contributed by atoms with E-state index in [1.165, 1.54) is 13.1 Å². The van der Waals surface area contributed by atoms with Crippen LogP contribution in [0.1, 0.15) is 0 Å². The first-order valence-corrected chi connectivity index (χ1v) is 5.74. The van der Waals surface area contributed by atoms with Crippen molar-refractivity contribution in [3.8, 4) is 0 Å². The molecule has 0 fully saturated rings. The van der Waals surface area contributed by atoms with Gasteiger partial charge in [-0.15, -0.1) is 0 Å². The van der Waals surface area contributed by atoms with E-state index in [2.05, 4.69) is 20.7 Å². The molecule has 0 saturated carbocycles. The largest absolute Gasteiger partial charge is 0.397 e. The number of halogens is 1. The molecule has 0 saturated heterocycles. The van der Waals surface area contributed by atoms with Crippen LogP contribution in [0.2, 0.25) is 0 Å². The normalized spacial score (nSPS) is 11.5. The Labute approximate surface area is 85.3 Å². The number of nitrogens with two attached hydrogens (primary N) is 1. The minimum Gasteiger partial charge on any atom is -0.397 e. The highest BCUT2D eigenvalue weighted by atomic mass is 79.9. The zero-order valence-electron chi connectivity index (χ0n) is 6.91. The van der Waals surface area contributed by atoms with E-state index in [0.717, 1.165) is 0 Å². The van der Waals surface area contributed by atoms with Gasteiger partial charge in [-0.25, -0.2) is 13.1 Å². The highest BCUT2D eigenvalue weighted by Crippen LogP contribution is 2.26. The molecule has 0 aliphatic rings. The van der Waals surface area contributed by atoms with E-state index in [9.17, 15) is 8.42 Å². The first-order valence-electron chi connectivity index (χ1n) is 3.46. The third-order valence-corrected chi connectivity index (χ3v) is 3.74. The van der Waals surface area contributed by atoms with Crippen LogP contribution in [0.5, 0.6) is 0 Å². The minimum absolute atomic E-state index is 0.0874. The molecule has 1 aromatic rings. The summed E-state index contributed by atoms with van der Waals surface area (Å²) < 4.78 is 25.5. The maximum atomic E-state index is 11.4. The summed E-state index contributed by atoms with van der Waals surface area (Å²) >= 11 is 3.15. The van der Waals surface area contributed by atoms with Gasteiger partial charge in [0.15, 0.2) is 0 Å². The van der Waals surface area contributed by atoms with Crippen molar-refractivity contribution in [1.82, 2.24) is 4.72 Å². The van der Waals surface area contributed by atoms with Crippen LogP contribution in [0.4, 0.5) is 5.69 Å². The second-order valence-electron chi connectivity index (χ2n) is 2.36. The lowest BCUT2D eigenvalue weighted by Gasteiger charge is -2.06. The molecule has 0 spiro atoms. The van der Waals surface area contributed by atoms with Gasteiger partial charge in [0.25, 0.3) is 0 Å². The highest BCUT2D eigenvalue weighted by molar-refractivity contribution is 9.10. The number of rotatable bonds is 2. The molecular formula is C7H9BrN2O2S. The summed E-state index contributed by atoms with van der Waals surface area (Å²) in [4.78, 5) is 0.0874. The lowest BCUT2D eigenvalue weighted by Crippen LogP contribution is -2.19. The van der Waals surface area contributed by atoms with Crippen molar-refractivity contribution >= 4 is 31.6 Å². The predicted octanol–water partition coefficient (Wildman–Crippen LogP) is 0.939. The van der Waals surface area contributed by atoms with Crippen LogP contribution in [-0.2, 0) is 10.0 Å². The van der Waals surface area contributed by atoms with Crippen molar-refractivity contribution in [2.45, 2.75) is 4.90 Å². The topological polar surface area (TPSA) is 72.2 Å². The van der Waals surface area contributed by atoms with E-state index in [4.69, 9.17) is 5.73 Å². The lowest BCUT2D eigenvalue weighted by molar-refractivity contribution is 0.588. The van der Waals surface area contributed by atoms with Gasteiger partial charge in [-0.3, -0.25) is 0 Å². The van der Waals surface area contributed by atoms with Gasteiger partial charge in [0, 0.05) is 4.47 Å². The van der Waals surface area contributed by atoms with Crippen molar-refractivity contribution < 1.29 is 8.42 Å². The van der Waals surface area contributed by atoms with Gasteiger partial charge in [-0.1, -0.05) is 6.07 Å². The van der Waals surface area contributed by atoms with Gasteiger partial charge in [-0.2, -0.15) is 0 Å². The number of hydrogen-bond donors (Lipinski definition) is 2. The second kappa shape index (κ2) is 3.65. The Morgan fingerprint density at radius 1 is 1.46 bits per heavy atom. The summed E-state index contributed by atoms with van der Waals surface area (Å²) in [7, 11) is -2.11. The molecule has 0 aromatic heterocycles. The number of para-hydroxylation sites is 1. The number of nitrogen functional groups attached to an aromatic ring is 1. The fraction of sp³-hybridized carbons (Fsp3) is 0.143. The monoisotopic (exact) mass is 264 g/mol. The SMILES string of the molecule is CNS(=O)(=O)c1cccc(Br)c1N. The Balaban J connectivity index is 3.40. The van der Waals surface area contributed by atoms with Crippen LogP contribution in [0, 0.1) is 0 Å². The molecule has 72 valence electrons. The third-order valence-electron chi connectivity index (χ3n) is 1.57. The van der Waals surface area contributed by atoms with Crippen molar-refractivity contribution in [3.63, 3.8) is 0 Å². The minimum atomic E-state index is -3.46. The highest BCUT2D eigenvalue weighted by Gasteiger charge is 2.15. The molecule has 13 heavy (non-hydrogen) atoms. The Kier molecular flexibility index (Phi) is 2.94. The first kappa shape index (κ1) is 10.5. The van der Waals surface area contributed by atoms with Crippen LogP contribution < -0.4 is 10.5 Å². The van der Waals surface area contributed by atoms with Crippen LogP contribution >= 0.6 is 15.9 Å². The first-order chi connectivity index (χ1) is 5.99. The third kappa shape index (κ3) is 2.01. The molecule has 0 radical (unpaired) electrons. The number of sulfonamides is 1.